The van der Waals surface area contributed by atoms with Crippen molar-refractivity contribution in [1.29, 1.82) is 0 Å². The molecular formula is C21H28N2O3. The number of nitrogens with one attached hydrogen (secondary N) is 1. The lowest BCUT2D eigenvalue weighted by atomic mass is 9.89. The van der Waals surface area contributed by atoms with E-state index >= 15 is 0 Å². The van der Waals surface area contributed by atoms with Gasteiger partial charge in [-0.05, 0) is 30.7 Å². The van der Waals surface area contributed by atoms with Gasteiger partial charge in [0.1, 0.15) is 6.04 Å². The molecule has 1 heterocycles. The SMILES string of the molecule is CC(C)C(NC(=O)c1cn(CC2CCCCC2)c2ccccc12)C(=O)O. The number of carbonyl (C=O) groups excluding carboxylic acids is 1. The summed E-state index contributed by atoms with van der Waals surface area (Å²) in [7, 11) is 0. The molecule has 5 nitrogen and oxygen atoms in total. The van der Waals surface area contributed by atoms with Crippen LogP contribution in [0.1, 0.15) is 56.3 Å². The van der Waals surface area contributed by atoms with Gasteiger partial charge in [0.2, 0.25) is 0 Å². The number of carboxylic acids is 1. The Morgan fingerprint density at radius 2 is 1.88 bits per heavy atom. The van der Waals surface area contributed by atoms with Gasteiger partial charge in [0.05, 0.1) is 5.56 Å². The quantitative estimate of drug-likeness (QED) is 0.820. The van der Waals surface area contributed by atoms with Gasteiger partial charge in [-0.2, -0.15) is 0 Å². The maximum Gasteiger partial charge on any atom is 0.326 e. The van der Waals surface area contributed by atoms with Gasteiger partial charge in [-0.25, -0.2) is 4.79 Å². The van der Waals surface area contributed by atoms with Crippen molar-refractivity contribution in [2.45, 2.75) is 58.5 Å². The normalized spacial score (nSPS) is 16.7. The second kappa shape index (κ2) is 7.94. The highest BCUT2D eigenvalue weighted by atomic mass is 16.4. The van der Waals surface area contributed by atoms with E-state index in [9.17, 15) is 14.7 Å². The molecule has 0 bridgehead atoms. The van der Waals surface area contributed by atoms with Crippen molar-refractivity contribution < 1.29 is 14.7 Å². The van der Waals surface area contributed by atoms with Crippen molar-refractivity contribution in [2.75, 3.05) is 0 Å². The Morgan fingerprint density at radius 1 is 1.19 bits per heavy atom. The first-order valence-corrected chi connectivity index (χ1v) is 9.59. The van der Waals surface area contributed by atoms with Crippen molar-refractivity contribution >= 4 is 22.8 Å². The Bertz CT molecular complexity index is 788. The van der Waals surface area contributed by atoms with Gasteiger partial charge in [-0.3, -0.25) is 4.79 Å². The Balaban J connectivity index is 1.88. The highest BCUT2D eigenvalue weighted by Gasteiger charge is 2.26. The predicted octanol–water partition coefficient (Wildman–Crippen LogP) is 4.06. The highest BCUT2D eigenvalue weighted by Crippen LogP contribution is 2.28. The van der Waals surface area contributed by atoms with Crippen molar-refractivity contribution in [1.82, 2.24) is 9.88 Å². The molecular weight excluding hydrogens is 328 g/mol. The number of hydrogen-bond donors (Lipinski definition) is 2. The molecule has 1 saturated carbocycles. The Morgan fingerprint density at radius 3 is 2.54 bits per heavy atom. The largest absolute Gasteiger partial charge is 0.480 e. The summed E-state index contributed by atoms with van der Waals surface area (Å²) in [5, 5.41) is 12.9. The molecule has 2 aromatic rings. The van der Waals surface area contributed by atoms with E-state index in [0.717, 1.165) is 17.4 Å². The molecule has 2 N–H and O–H groups in total. The topological polar surface area (TPSA) is 71.3 Å². The summed E-state index contributed by atoms with van der Waals surface area (Å²) in [5.74, 6) is -0.839. The summed E-state index contributed by atoms with van der Waals surface area (Å²) in [6.45, 7) is 4.51. The number of rotatable bonds is 6. The summed E-state index contributed by atoms with van der Waals surface area (Å²) in [5.41, 5.74) is 1.60. The van der Waals surface area contributed by atoms with E-state index in [1.807, 2.05) is 30.5 Å². The minimum absolute atomic E-state index is 0.174. The number of benzene rings is 1. The van der Waals surface area contributed by atoms with E-state index in [-0.39, 0.29) is 11.8 Å². The second-order valence-corrected chi connectivity index (χ2v) is 7.75. The van der Waals surface area contributed by atoms with Crippen LogP contribution >= 0.6 is 0 Å². The van der Waals surface area contributed by atoms with Gasteiger partial charge >= 0.3 is 5.97 Å². The van der Waals surface area contributed by atoms with Gasteiger partial charge in [0.15, 0.2) is 0 Å². The van der Waals surface area contributed by atoms with Gasteiger partial charge in [0.25, 0.3) is 5.91 Å². The maximum absolute atomic E-state index is 12.8. The fourth-order valence-corrected chi connectivity index (χ4v) is 3.96. The molecule has 1 amide bonds. The average molecular weight is 356 g/mol. The van der Waals surface area contributed by atoms with E-state index in [2.05, 4.69) is 9.88 Å². The zero-order valence-corrected chi connectivity index (χ0v) is 15.6. The van der Waals surface area contributed by atoms with Crippen LogP contribution in [0.3, 0.4) is 0 Å². The Kier molecular flexibility index (Phi) is 5.64. The lowest BCUT2D eigenvalue weighted by Gasteiger charge is -2.22. The van der Waals surface area contributed by atoms with Crippen molar-refractivity contribution in [3.05, 3.63) is 36.0 Å². The molecule has 1 atom stereocenters. The van der Waals surface area contributed by atoms with Crippen LogP contribution in [0.4, 0.5) is 0 Å². The molecule has 26 heavy (non-hydrogen) atoms. The van der Waals surface area contributed by atoms with Crippen LogP contribution in [-0.2, 0) is 11.3 Å². The van der Waals surface area contributed by atoms with Gasteiger partial charge in [0, 0.05) is 23.6 Å². The summed E-state index contributed by atoms with van der Waals surface area (Å²) < 4.78 is 2.17. The van der Waals surface area contributed by atoms with Crippen molar-refractivity contribution in [3.63, 3.8) is 0 Å². The molecule has 140 valence electrons. The number of amides is 1. The minimum Gasteiger partial charge on any atom is -0.480 e. The van der Waals surface area contributed by atoms with Gasteiger partial charge in [-0.15, -0.1) is 0 Å². The number of fused-ring (bicyclic) bond motifs is 1. The minimum atomic E-state index is -1.00. The fourth-order valence-electron chi connectivity index (χ4n) is 3.96. The molecule has 1 unspecified atom stereocenters. The number of para-hydroxylation sites is 1. The average Bonchev–Trinajstić information content (AvgIpc) is 2.99. The molecule has 3 rings (SSSR count). The molecule has 0 spiro atoms. The smallest absolute Gasteiger partial charge is 0.326 e. The number of nitrogens with zero attached hydrogens (tertiary/aromatic N) is 1. The van der Waals surface area contributed by atoms with E-state index in [4.69, 9.17) is 0 Å². The monoisotopic (exact) mass is 356 g/mol. The molecule has 1 aliphatic carbocycles. The van der Waals surface area contributed by atoms with E-state index < -0.39 is 12.0 Å². The number of aromatic nitrogens is 1. The van der Waals surface area contributed by atoms with Crippen molar-refractivity contribution in [2.24, 2.45) is 11.8 Å². The molecule has 5 heteroatoms. The predicted molar refractivity (Wildman–Crippen MR) is 102 cm³/mol. The number of hydrogen-bond acceptors (Lipinski definition) is 2. The van der Waals surface area contributed by atoms with Crippen LogP contribution in [-0.4, -0.2) is 27.6 Å². The third-order valence-corrected chi connectivity index (χ3v) is 5.43. The van der Waals surface area contributed by atoms with Crippen LogP contribution in [0.15, 0.2) is 30.5 Å². The van der Waals surface area contributed by atoms with Crippen LogP contribution in [0, 0.1) is 11.8 Å². The summed E-state index contributed by atoms with van der Waals surface area (Å²) in [6.07, 6.45) is 8.26. The zero-order chi connectivity index (χ0) is 18.7. The fraction of sp³-hybridized carbons (Fsp3) is 0.524. The number of carboxylic acid groups (broad SMARTS) is 1. The molecule has 1 aliphatic rings. The Labute approximate surface area is 154 Å². The highest BCUT2D eigenvalue weighted by molar-refractivity contribution is 6.07. The van der Waals surface area contributed by atoms with Crippen LogP contribution in [0.25, 0.3) is 10.9 Å². The number of carbonyl (C=O) groups is 2. The lowest BCUT2D eigenvalue weighted by Crippen LogP contribution is -2.44. The molecule has 0 radical (unpaired) electrons. The first-order valence-electron chi connectivity index (χ1n) is 9.59. The second-order valence-electron chi connectivity index (χ2n) is 7.75. The molecule has 1 aromatic carbocycles. The first kappa shape index (κ1) is 18.5. The first-order chi connectivity index (χ1) is 12.5. The lowest BCUT2D eigenvalue weighted by molar-refractivity contribution is -0.140. The summed E-state index contributed by atoms with van der Waals surface area (Å²) in [4.78, 5) is 24.2. The standard InChI is InChI=1S/C21H28N2O3/c1-14(2)19(21(25)26)22-20(24)17-13-23(12-15-8-4-3-5-9-15)18-11-7-6-10-16(17)18/h6-7,10-11,13-15,19H,3-5,8-9,12H2,1-2H3,(H,22,24)(H,25,26). The molecule has 1 aromatic heterocycles. The zero-order valence-electron chi connectivity index (χ0n) is 15.6. The maximum atomic E-state index is 12.8. The van der Waals surface area contributed by atoms with Crippen LogP contribution in [0.5, 0.6) is 0 Å². The van der Waals surface area contributed by atoms with Crippen molar-refractivity contribution in [3.8, 4) is 0 Å². The number of aliphatic carboxylic acids is 1. The molecule has 1 fully saturated rings. The Hall–Kier alpha value is -2.30. The van der Waals surface area contributed by atoms with Gasteiger partial charge in [-0.1, -0.05) is 51.3 Å². The van der Waals surface area contributed by atoms with E-state index in [1.54, 1.807) is 13.8 Å². The summed E-state index contributed by atoms with van der Waals surface area (Å²) in [6, 6.07) is 6.98. The van der Waals surface area contributed by atoms with Gasteiger partial charge < -0.3 is 15.0 Å². The van der Waals surface area contributed by atoms with E-state index in [0.29, 0.717) is 11.5 Å². The third-order valence-electron chi connectivity index (χ3n) is 5.43. The van der Waals surface area contributed by atoms with Crippen LogP contribution in [0.2, 0.25) is 0 Å². The van der Waals surface area contributed by atoms with E-state index in [1.165, 1.54) is 32.1 Å². The third kappa shape index (κ3) is 3.92. The molecule has 0 aliphatic heterocycles. The van der Waals surface area contributed by atoms with Crippen LogP contribution < -0.4 is 5.32 Å². The molecule has 0 saturated heterocycles. The summed E-state index contributed by atoms with van der Waals surface area (Å²) >= 11 is 0.